The molecule has 132 valence electrons. The van der Waals surface area contributed by atoms with E-state index in [0.717, 1.165) is 25.7 Å². The third-order valence-electron chi connectivity index (χ3n) is 6.20. The van der Waals surface area contributed by atoms with Gasteiger partial charge in [0.15, 0.2) is 0 Å². The number of amides is 3. The number of hydrogen-bond acceptors (Lipinski definition) is 4. The Balaban J connectivity index is 1.37. The van der Waals surface area contributed by atoms with Gasteiger partial charge in [0, 0.05) is 36.2 Å². The Morgan fingerprint density at radius 1 is 0.917 bits per heavy atom. The van der Waals surface area contributed by atoms with Crippen LogP contribution in [-0.4, -0.2) is 56.6 Å². The normalized spacial score (nSPS) is 33.8. The summed E-state index contributed by atoms with van der Waals surface area (Å²) in [5.74, 6) is 0.850. The molecule has 6 heteroatoms. The second-order valence-corrected chi connectivity index (χ2v) is 8.97. The molecule has 2 unspecified atom stereocenters. The molecule has 3 saturated heterocycles. The summed E-state index contributed by atoms with van der Waals surface area (Å²) in [6, 6.07) is 0.481. The van der Waals surface area contributed by atoms with Gasteiger partial charge < -0.3 is 4.90 Å². The van der Waals surface area contributed by atoms with Gasteiger partial charge in [0.05, 0.1) is 5.75 Å². The van der Waals surface area contributed by atoms with Crippen LogP contribution in [0.2, 0.25) is 0 Å². The Morgan fingerprint density at radius 2 is 1.50 bits per heavy atom. The van der Waals surface area contributed by atoms with Gasteiger partial charge in [-0.2, -0.15) is 0 Å². The molecule has 0 radical (unpaired) electrons. The number of rotatable bonds is 4. The van der Waals surface area contributed by atoms with Crippen LogP contribution >= 0.6 is 11.8 Å². The van der Waals surface area contributed by atoms with Crippen LogP contribution in [0.25, 0.3) is 0 Å². The molecule has 24 heavy (non-hydrogen) atoms. The third-order valence-corrected chi connectivity index (χ3v) is 7.55. The smallest absolute Gasteiger partial charge is 0.233 e. The van der Waals surface area contributed by atoms with Gasteiger partial charge in [0.2, 0.25) is 17.7 Å². The molecule has 3 aliphatic heterocycles. The number of hydrogen-bond donors (Lipinski definition) is 0. The lowest BCUT2D eigenvalue weighted by Gasteiger charge is -2.41. The molecular weight excluding hydrogens is 324 g/mol. The van der Waals surface area contributed by atoms with Crippen molar-refractivity contribution in [2.75, 3.05) is 5.75 Å². The van der Waals surface area contributed by atoms with E-state index in [0.29, 0.717) is 23.8 Å². The number of carbonyl (C=O) groups is 3. The fourth-order valence-electron chi connectivity index (χ4n) is 5.09. The topological polar surface area (TPSA) is 57.7 Å². The van der Waals surface area contributed by atoms with E-state index >= 15 is 0 Å². The molecule has 2 bridgehead atoms. The molecule has 2 atom stereocenters. The van der Waals surface area contributed by atoms with E-state index in [1.807, 2.05) is 11.8 Å². The van der Waals surface area contributed by atoms with E-state index in [1.165, 1.54) is 30.6 Å². The molecule has 1 saturated carbocycles. The summed E-state index contributed by atoms with van der Waals surface area (Å²) in [5, 5.41) is 0.670. The number of likely N-dealkylation sites (tertiary alicyclic amines) is 1. The number of nitrogens with zero attached hydrogens (tertiary/aromatic N) is 2. The van der Waals surface area contributed by atoms with Gasteiger partial charge in [-0.15, -0.1) is 11.8 Å². The molecule has 0 aromatic carbocycles. The van der Waals surface area contributed by atoms with Crippen LogP contribution in [0.15, 0.2) is 0 Å². The van der Waals surface area contributed by atoms with E-state index in [1.54, 1.807) is 0 Å². The van der Waals surface area contributed by atoms with Crippen molar-refractivity contribution in [1.82, 2.24) is 9.80 Å². The van der Waals surface area contributed by atoms with Gasteiger partial charge >= 0.3 is 0 Å². The molecular formula is C18H26N2O3S. The van der Waals surface area contributed by atoms with Gasteiger partial charge in [-0.1, -0.05) is 12.8 Å². The van der Waals surface area contributed by atoms with Crippen LogP contribution in [-0.2, 0) is 14.4 Å². The van der Waals surface area contributed by atoms with E-state index in [9.17, 15) is 14.4 Å². The van der Waals surface area contributed by atoms with E-state index in [2.05, 4.69) is 4.90 Å². The summed E-state index contributed by atoms with van der Waals surface area (Å²) in [7, 11) is 0. The Bertz CT molecular complexity index is 516. The maximum Gasteiger partial charge on any atom is 0.233 e. The van der Waals surface area contributed by atoms with E-state index in [4.69, 9.17) is 0 Å². The number of piperidine rings is 1. The van der Waals surface area contributed by atoms with Crippen molar-refractivity contribution >= 4 is 29.5 Å². The van der Waals surface area contributed by atoms with Crippen molar-refractivity contribution in [2.45, 2.75) is 87.6 Å². The first-order valence-electron chi connectivity index (χ1n) is 9.41. The van der Waals surface area contributed by atoms with Crippen molar-refractivity contribution in [3.05, 3.63) is 0 Å². The molecule has 4 aliphatic rings. The first-order chi connectivity index (χ1) is 11.6. The number of thioether (sulfide) groups is 1. The zero-order valence-corrected chi connectivity index (χ0v) is 14.9. The summed E-state index contributed by atoms with van der Waals surface area (Å²) in [4.78, 5) is 40.4. The van der Waals surface area contributed by atoms with Crippen LogP contribution in [0, 0.1) is 0 Å². The van der Waals surface area contributed by atoms with E-state index in [-0.39, 0.29) is 35.8 Å². The van der Waals surface area contributed by atoms with Crippen LogP contribution in [0.3, 0.4) is 0 Å². The Kier molecular flexibility index (Phi) is 4.58. The third kappa shape index (κ3) is 2.98. The quantitative estimate of drug-likeness (QED) is 0.730. The highest BCUT2D eigenvalue weighted by Crippen LogP contribution is 2.39. The summed E-state index contributed by atoms with van der Waals surface area (Å²) in [5.41, 5.74) is 0. The minimum absolute atomic E-state index is 0.0130. The SMILES string of the molecule is O=C1CCC(=O)N1C1CC2CCC(C1)N2C(=O)CSC1CCCC1. The summed E-state index contributed by atoms with van der Waals surface area (Å²) < 4.78 is 0. The van der Waals surface area contributed by atoms with Crippen molar-refractivity contribution in [2.24, 2.45) is 0 Å². The minimum Gasteiger partial charge on any atom is -0.336 e. The Labute approximate surface area is 147 Å². The van der Waals surface area contributed by atoms with Gasteiger partial charge in [-0.25, -0.2) is 0 Å². The van der Waals surface area contributed by atoms with Crippen LogP contribution in [0.4, 0.5) is 0 Å². The highest BCUT2D eigenvalue weighted by atomic mass is 32.2. The first-order valence-corrected chi connectivity index (χ1v) is 10.5. The first kappa shape index (κ1) is 16.4. The Morgan fingerprint density at radius 3 is 2.08 bits per heavy atom. The molecule has 1 aliphatic carbocycles. The van der Waals surface area contributed by atoms with Crippen LogP contribution < -0.4 is 0 Å². The lowest BCUT2D eigenvalue weighted by atomic mass is 9.96. The highest BCUT2D eigenvalue weighted by molar-refractivity contribution is 8.00. The molecule has 4 fully saturated rings. The Hall–Kier alpha value is -1.04. The maximum atomic E-state index is 12.7. The molecule has 0 aromatic heterocycles. The number of carbonyl (C=O) groups excluding carboxylic acids is 3. The largest absolute Gasteiger partial charge is 0.336 e. The van der Waals surface area contributed by atoms with Crippen molar-refractivity contribution in [1.29, 1.82) is 0 Å². The van der Waals surface area contributed by atoms with Crippen LogP contribution in [0.5, 0.6) is 0 Å². The van der Waals surface area contributed by atoms with Gasteiger partial charge in [-0.3, -0.25) is 19.3 Å². The molecule has 0 N–H and O–H groups in total. The van der Waals surface area contributed by atoms with Crippen molar-refractivity contribution in [3.63, 3.8) is 0 Å². The number of fused-ring (bicyclic) bond motifs is 2. The zero-order valence-electron chi connectivity index (χ0n) is 14.1. The second-order valence-electron chi connectivity index (χ2n) is 7.69. The van der Waals surface area contributed by atoms with Crippen molar-refractivity contribution < 1.29 is 14.4 Å². The number of imide groups is 1. The zero-order chi connectivity index (χ0) is 16.7. The highest BCUT2D eigenvalue weighted by Gasteiger charge is 2.47. The monoisotopic (exact) mass is 350 g/mol. The molecule has 4 rings (SSSR count). The summed E-state index contributed by atoms with van der Waals surface area (Å²) in [6.07, 6.45) is 9.48. The summed E-state index contributed by atoms with van der Waals surface area (Å²) >= 11 is 1.83. The molecule has 5 nitrogen and oxygen atoms in total. The average Bonchev–Trinajstić information content (AvgIpc) is 3.25. The van der Waals surface area contributed by atoms with Crippen LogP contribution in [0.1, 0.15) is 64.2 Å². The molecule has 3 amide bonds. The predicted octanol–water partition coefficient (Wildman–Crippen LogP) is 2.33. The fraction of sp³-hybridized carbons (Fsp3) is 0.833. The lowest BCUT2D eigenvalue weighted by Crippen LogP contribution is -2.54. The second kappa shape index (κ2) is 6.70. The molecule has 0 spiro atoms. The standard InChI is InChI=1S/C18H26N2O3S/c21-16-7-8-17(22)20(16)14-9-12-5-6-13(10-14)19(12)18(23)11-24-15-3-1-2-4-15/h12-15H,1-11H2. The van der Waals surface area contributed by atoms with E-state index < -0.39 is 0 Å². The van der Waals surface area contributed by atoms with Gasteiger partial charge in [-0.05, 0) is 38.5 Å². The summed E-state index contributed by atoms with van der Waals surface area (Å²) in [6.45, 7) is 0. The minimum atomic E-state index is -0.0130. The fourth-order valence-corrected chi connectivity index (χ4v) is 6.28. The maximum absolute atomic E-state index is 12.7. The molecule has 3 heterocycles. The van der Waals surface area contributed by atoms with Gasteiger partial charge in [0.1, 0.15) is 0 Å². The predicted molar refractivity (Wildman–Crippen MR) is 92.5 cm³/mol. The molecule has 0 aromatic rings. The lowest BCUT2D eigenvalue weighted by molar-refractivity contribution is -0.144. The van der Waals surface area contributed by atoms with Gasteiger partial charge in [0.25, 0.3) is 0 Å². The average molecular weight is 350 g/mol. The van der Waals surface area contributed by atoms with Crippen molar-refractivity contribution in [3.8, 4) is 0 Å².